The summed E-state index contributed by atoms with van der Waals surface area (Å²) in [6.45, 7) is 6.72. The summed E-state index contributed by atoms with van der Waals surface area (Å²) >= 11 is 0. The summed E-state index contributed by atoms with van der Waals surface area (Å²) in [4.78, 5) is 7.59. The molecule has 0 amide bonds. The Morgan fingerprint density at radius 3 is 2.70 bits per heavy atom. The molecule has 0 spiro atoms. The van der Waals surface area contributed by atoms with Crippen LogP contribution in [0.2, 0.25) is 0 Å². The van der Waals surface area contributed by atoms with Gasteiger partial charge in [-0.1, -0.05) is 20.3 Å². The van der Waals surface area contributed by atoms with E-state index in [1.165, 1.54) is 19.3 Å². The van der Waals surface area contributed by atoms with Crippen molar-refractivity contribution < 1.29 is 0 Å². The highest BCUT2D eigenvalue weighted by atomic mass is 15.3. The fraction of sp³-hybridized carbons (Fsp3) is 0.550. The summed E-state index contributed by atoms with van der Waals surface area (Å²) in [6, 6.07) is 2.66. The van der Waals surface area contributed by atoms with E-state index in [0.29, 0.717) is 17.8 Å². The summed E-state index contributed by atoms with van der Waals surface area (Å²) in [6.07, 6.45) is 10.5. The summed E-state index contributed by atoms with van der Waals surface area (Å²) < 4.78 is 3.53. The molecule has 4 rings (SSSR count). The molecule has 0 bridgehead atoms. The van der Waals surface area contributed by atoms with Crippen LogP contribution in [-0.4, -0.2) is 48.4 Å². The average Bonchev–Trinajstić information content (AvgIpc) is 3.29. The molecule has 1 fully saturated rings. The Morgan fingerprint density at radius 1 is 1.19 bits per heavy atom. The fourth-order valence-electron chi connectivity index (χ4n) is 4.48. The van der Waals surface area contributed by atoms with Crippen molar-refractivity contribution in [1.82, 2.24) is 29.3 Å². The zero-order chi connectivity index (χ0) is 19.0. The van der Waals surface area contributed by atoms with Gasteiger partial charge in [0.05, 0.1) is 12.4 Å². The maximum absolute atomic E-state index is 6.34. The Balaban J connectivity index is 1.70. The van der Waals surface area contributed by atoms with Crippen molar-refractivity contribution in [3.8, 4) is 11.1 Å². The van der Waals surface area contributed by atoms with E-state index in [-0.39, 0.29) is 0 Å². The van der Waals surface area contributed by atoms with Gasteiger partial charge in [0.15, 0.2) is 5.65 Å². The lowest BCUT2D eigenvalue weighted by Gasteiger charge is -2.36. The minimum atomic E-state index is 0.452. The number of rotatable bonds is 5. The van der Waals surface area contributed by atoms with Gasteiger partial charge in [-0.15, -0.1) is 0 Å². The van der Waals surface area contributed by atoms with Crippen molar-refractivity contribution in [2.24, 2.45) is 7.05 Å². The number of hydrogen-bond acceptors (Lipinski definition) is 5. The summed E-state index contributed by atoms with van der Waals surface area (Å²) in [7, 11) is 1.91. The van der Waals surface area contributed by atoms with E-state index in [1.54, 1.807) is 9.20 Å². The summed E-state index contributed by atoms with van der Waals surface area (Å²) in [5.74, 6) is 1.10. The van der Waals surface area contributed by atoms with E-state index < -0.39 is 0 Å². The quantitative estimate of drug-likeness (QED) is 0.750. The molecular formula is C20H29N7. The van der Waals surface area contributed by atoms with Gasteiger partial charge in [0.1, 0.15) is 5.82 Å². The van der Waals surface area contributed by atoms with Crippen LogP contribution < -0.4 is 5.73 Å². The van der Waals surface area contributed by atoms with Crippen molar-refractivity contribution >= 4 is 11.5 Å². The zero-order valence-corrected chi connectivity index (χ0v) is 16.5. The molecule has 0 unspecified atom stereocenters. The van der Waals surface area contributed by atoms with Crippen molar-refractivity contribution in [2.45, 2.75) is 51.5 Å². The highest BCUT2D eigenvalue weighted by molar-refractivity contribution is 5.77. The van der Waals surface area contributed by atoms with Crippen LogP contribution in [-0.2, 0) is 7.05 Å². The number of nitrogens with two attached hydrogens (primary N) is 1. The smallest absolute Gasteiger partial charge is 0.165 e. The summed E-state index contributed by atoms with van der Waals surface area (Å²) in [5, 5.41) is 8.72. The maximum Gasteiger partial charge on any atom is 0.165 e. The van der Waals surface area contributed by atoms with Crippen molar-refractivity contribution in [3.63, 3.8) is 0 Å². The number of aromatic nitrogens is 5. The third kappa shape index (κ3) is 3.32. The van der Waals surface area contributed by atoms with Gasteiger partial charge < -0.3 is 10.6 Å². The lowest BCUT2D eigenvalue weighted by molar-refractivity contribution is 0.160. The minimum Gasteiger partial charge on any atom is -0.384 e. The largest absolute Gasteiger partial charge is 0.384 e. The van der Waals surface area contributed by atoms with Gasteiger partial charge in [0.25, 0.3) is 0 Å². The van der Waals surface area contributed by atoms with Crippen LogP contribution in [0.5, 0.6) is 0 Å². The molecule has 0 aromatic carbocycles. The Morgan fingerprint density at radius 2 is 2.00 bits per heavy atom. The van der Waals surface area contributed by atoms with E-state index in [9.17, 15) is 0 Å². The molecule has 3 aromatic heterocycles. The predicted octanol–water partition coefficient (Wildman–Crippen LogP) is 3.08. The number of hydrogen-bond donors (Lipinski definition) is 1. The monoisotopic (exact) mass is 367 g/mol. The molecule has 0 aliphatic heterocycles. The number of nitrogen functional groups attached to an aromatic ring is 1. The van der Waals surface area contributed by atoms with Crippen LogP contribution in [0.4, 0.5) is 5.82 Å². The second-order valence-electron chi connectivity index (χ2n) is 7.54. The van der Waals surface area contributed by atoms with Gasteiger partial charge in [-0.25, -0.2) is 4.98 Å². The Hall–Kier alpha value is -2.41. The number of fused-ring (bicyclic) bond motifs is 1. The van der Waals surface area contributed by atoms with Gasteiger partial charge >= 0.3 is 0 Å². The van der Waals surface area contributed by atoms with Crippen LogP contribution in [0.3, 0.4) is 0 Å². The van der Waals surface area contributed by atoms with Crippen molar-refractivity contribution in [3.05, 3.63) is 30.4 Å². The van der Waals surface area contributed by atoms with Crippen LogP contribution in [0.1, 0.15) is 51.1 Å². The molecule has 7 nitrogen and oxygen atoms in total. The molecule has 1 aliphatic carbocycles. The van der Waals surface area contributed by atoms with Crippen LogP contribution >= 0.6 is 0 Å². The van der Waals surface area contributed by atoms with Crippen molar-refractivity contribution in [2.75, 3.05) is 18.8 Å². The fourth-order valence-corrected chi connectivity index (χ4v) is 4.48. The molecule has 27 heavy (non-hydrogen) atoms. The first-order valence-corrected chi connectivity index (χ1v) is 9.97. The Kier molecular flexibility index (Phi) is 4.86. The predicted molar refractivity (Wildman–Crippen MR) is 108 cm³/mol. The molecule has 0 saturated heterocycles. The molecule has 2 N–H and O–H groups in total. The standard InChI is InChI=1S/C20H29N7/c1-4-26(5-2)16-8-6-7-14(9-16)18-10-19(21)27-20(24-18)17(12-23-27)15-11-22-25(3)13-15/h10-14,16H,4-9,21H2,1-3H3/t14-,16+/m0/s1. The van der Waals surface area contributed by atoms with Crippen LogP contribution in [0.25, 0.3) is 16.8 Å². The number of anilines is 1. The Labute approximate surface area is 160 Å². The van der Waals surface area contributed by atoms with Crippen molar-refractivity contribution in [1.29, 1.82) is 0 Å². The SMILES string of the molecule is CCN(CC)[C@@H]1CCC[C@H](c2cc(N)n3ncc(-c4cnn(C)c4)c3n2)C1. The average molecular weight is 368 g/mol. The van der Waals surface area contributed by atoms with Crippen LogP contribution in [0.15, 0.2) is 24.7 Å². The van der Waals surface area contributed by atoms with Gasteiger partial charge in [-0.2, -0.15) is 14.7 Å². The van der Waals surface area contributed by atoms with Gasteiger partial charge in [-0.3, -0.25) is 4.68 Å². The number of nitrogens with zero attached hydrogens (tertiary/aromatic N) is 6. The molecule has 3 heterocycles. The molecule has 2 atom stereocenters. The molecule has 1 aliphatic rings. The highest BCUT2D eigenvalue weighted by Gasteiger charge is 2.28. The second kappa shape index (κ2) is 7.31. The molecular weight excluding hydrogens is 338 g/mol. The van der Waals surface area contributed by atoms with E-state index >= 15 is 0 Å². The van der Waals surface area contributed by atoms with E-state index in [0.717, 1.165) is 42.0 Å². The minimum absolute atomic E-state index is 0.452. The lowest BCUT2D eigenvalue weighted by Crippen LogP contribution is -2.38. The molecule has 144 valence electrons. The normalized spacial score (nSPS) is 20.6. The molecule has 1 saturated carbocycles. The first-order valence-electron chi connectivity index (χ1n) is 9.97. The number of aryl methyl sites for hydroxylation is 1. The van der Waals surface area contributed by atoms with E-state index in [4.69, 9.17) is 10.7 Å². The van der Waals surface area contributed by atoms with E-state index in [2.05, 4.69) is 28.9 Å². The molecule has 3 aromatic rings. The van der Waals surface area contributed by atoms with E-state index in [1.807, 2.05) is 31.7 Å². The summed E-state index contributed by atoms with van der Waals surface area (Å²) in [5.41, 5.74) is 10.3. The van der Waals surface area contributed by atoms with Gasteiger partial charge in [0.2, 0.25) is 0 Å². The topological polar surface area (TPSA) is 77.3 Å². The molecule has 0 radical (unpaired) electrons. The third-order valence-electron chi connectivity index (χ3n) is 5.93. The second-order valence-corrected chi connectivity index (χ2v) is 7.54. The zero-order valence-electron chi connectivity index (χ0n) is 16.5. The maximum atomic E-state index is 6.34. The first kappa shape index (κ1) is 18.0. The first-order chi connectivity index (χ1) is 13.1. The van der Waals surface area contributed by atoms with Gasteiger partial charge in [0, 0.05) is 48.1 Å². The molecule has 7 heteroatoms. The van der Waals surface area contributed by atoms with Gasteiger partial charge in [-0.05, 0) is 32.4 Å². The van der Waals surface area contributed by atoms with Crippen LogP contribution in [0, 0.1) is 0 Å². The highest BCUT2D eigenvalue weighted by Crippen LogP contribution is 2.36. The Bertz CT molecular complexity index is 922. The third-order valence-corrected chi connectivity index (χ3v) is 5.93. The lowest BCUT2D eigenvalue weighted by atomic mass is 9.82.